The zero-order valence-corrected chi connectivity index (χ0v) is 14.1. The van der Waals surface area contributed by atoms with Crippen molar-refractivity contribution in [2.75, 3.05) is 6.54 Å². The van der Waals surface area contributed by atoms with Crippen LogP contribution in [0.15, 0.2) is 0 Å². The summed E-state index contributed by atoms with van der Waals surface area (Å²) in [4.78, 5) is 36.6. The molecule has 0 saturated carbocycles. The third kappa shape index (κ3) is 6.60. The average molecular weight is 300 g/mol. The molecule has 0 aromatic carbocycles. The molecule has 0 spiro atoms. The van der Waals surface area contributed by atoms with Crippen LogP contribution in [0, 0.1) is 5.41 Å². The molecular formula is C15H28N2O4. The highest BCUT2D eigenvalue weighted by atomic mass is 16.4. The van der Waals surface area contributed by atoms with E-state index in [2.05, 4.69) is 5.32 Å². The molecule has 0 radical (unpaired) electrons. The van der Waals surface area contributed by atoms with Gasteiger partial charge in [-0.05, 0) is 27.7 Å². The van der Waals surface area contributed by atoms with Gasteiger partial charge < -0.3 is 15.3 Å². The van der Waals surface area contributed by atoms with E-state index in [4.69, 9.17) is 5.11 Å². The van der Waals surface area contributed by atoms with Crippen molar-refractivity contribution < 1.29 is 19.5 Å². The first-order chi connectivity index (χ1) is 9.26. The first-order valence-corrected chi connectivity index (χ1v) is 7.11. The summed E-state index contributed by atoms with van der Waals surface area (Å²) in [5.41, 5.74) is -1.09. The standard InChI is InChI=1S/C15H28N2O4/c1-10(16-13(21)14(2,3)4)12(20)17(15(5,6)7)9-8-11(18)19/h10H,8-9H2,1-7H3,(H,16,21)(H,18,19). The van der Waals surface area contributed by atoms with Crippen LogP contribution in [-0.4, -0.2) is 45.9 Å². The van der Waals surface area contributed by atoms with E-state index in [9.17, 15) is 14.4 Å². The number of nitrogens with one attached hydrogen (secondary N) is 1. The maximum absolute atomic E-state index is 12.5. The highest BCUT2D eigenvalue weighted by molar-refractivity contribution is 5.89. The number of hydrogen-bond donors (Lipinski definition) is 2. The number of amides is 2. The van der Waals surface area contributed by atoms with Gasteiger partial charge in [0, 0.05) is 17.5 Å². The number of carboxylic acids is 1. The minimum absolute atomic E-state index is 0.118. The van der Waals surface area contributed by atoms with E-state index in [0.717, 1.165) is 0 Å². The topological polar surface area (TPSA) is 86.7 Å². The van der Waals surface area contributed by atoms with Crippen LogP contribution in [0.1, 0.15) is 54.9 Å². The van der Waals surface area contributed by atoms with Crippen LogP contribution in [0.2, 0.25) is 0 Å². The maximum Gasteiger partial charge on any atom is 0.305 e. The molecule has 0 saturated heterocycles. The third-order valence-corrected chi connectivity index (χ3v) is 3.02. The van der Waals surface area contributed by atoms with Crippen LogP contribution in [0.25, 0.3) is 0 Å². The van der Waals surface area contributed by atoms with Gasteiger partial charge in [-0.1, -0.05) is 20.8 Å². The van der Waals surface area contributed by atoms with Crippen LogP contribution in [0.3, 0.4) is 0 Å². The van der Waals surface area contributed by atoms with Crippen LogP contribution < -0.4 is 5.32 Å². The predicted octanol–water partition coefficient (Wildman–Crippen LogP) is 1.64. The van der Waals surface area contributed by atoms with E-state index in [-0.39, 0.29) is 24.8 Å². The summed E-state index contributed by atoms with van der Waals surface area (Å²) in [5, 5.41) is 11.5. The minimum Gasteiger partial charge on any atom is -0.481 e. The summed E-state index contributed by atoms with van der Waals surface area (Å²) >= 11 is 0. The van der Waals surface area contributed by atoms with Gasteiger partial charge in [0.2, 0.25) is 11.8 Å². The molecule has 0 bridgehead atoms. The van der Waals surface area contributed by atoms with Crippen molar-refractivity contribution in [1.29, 1.82) is 0 Å². The average Bonchev–Trinajstić information content (AvgIpc) is 2.25. The second-order valence-corrected chi connectivity index (χ2v) is 7.25. The summed E-state index contributed by atoms with van der Waals surface area (Å²) in [7, 11) is 0. The molecule has 0 rings (SSSR count). The Morgan fingerprint density at radius 3 is 1.90 bits per heavy atom. The van der Waals surface area contributed by atoms with Crippen molar-refractivity contribution in [3.05, 3.63) is 0 Å². The maximum atomic E-state index is 12.5. The Bertz CT molecular complexity index is 405. The fraction of sp³-hybridized carbons (Fsp3) is 0.800. The van der Waals surface area contributed by atoms with E-state index >= 15 is 0 Å². The van der Waals surface area contributed by atoms with Gasteiger partial charge in [-0.25, -0.2) is 0 Å². The number of carbonyl (C=O) groups is 3. The minimum atomic E-state index is -0.955. The van der Waals surface area contributed by atoms with Gasteiger partial charge in [0.1, 0.15) is 6.04 Å². The zero-order chi connectivity index (χ0) is 17.0. The summed E-state index contributed by atoms with van der Waals surface area (Å²) < 4.78 is 0. The number of nitrogens with zero attached hydrogens (tertiary/aromatic N) is 1. The number of hydrogen-bond acceptors (Lipinski definition) is 3. The second kappa shape index (κ2) is 6.91. The van der Waals surface area contributed by atoms with E-state index in [1.165, 1.54) is 4.90 Å². The Balaban J connectivity index is 4.95. The van der Waals surface area contributed by atoms with Crippen molar-refractivity contribution in [2.45, 2.75) is 66.5 Å². The van der Waals surface area contributed by atoms with Gasteiger partial charge in [0.05, 0.1) is 6.42 Å². The summed E-state index contributed by atoms with van der Waals surface area (Å²) in [6, 6.07) is -0.690. The molecule has 1 atom stereocenters. The number of carbonyl (C=O) groups excluding carboxylic acids is 2. The van der Waals surface area contributed by atoms with Crippen molar-refractivity contribution in [1.82, 2.24) is 10.2 Å². The molecule has 1 unspecified atom stereocenters. The third-order valence-electron chi connectivity index (χ3n) is 3.02. The molecule has 0 aliphatic carbocycles. The van der Waals surface area contributed by atoms with Gasteiger partial charge in [-0.15, -0.1) is 0 Å². The van der Waals surface area contributed by atoms with Crippen LogP contribution >= 0.6 is 0 Å². The largest absolute Gasteiger partial charge is 0.481 e. The molecule has 2 amide bonds. The number of rotatable bonds is 5. The lowest BCUT2D eigenvalue weighted by Gasteiger charge is -2.37. The molecule has 0 aromatic heterocycles. The van der Waals surface area contributed by atoms with Crippen molar-refractivity contribution in [2.24, 2.45) is 5.41 Å². The molecule has 122 valence electrons. The molecule has 0 fully saturated rings. The van der Waals surface area contributed by atoms with Gasteiger partial charge in [0.25, 0.3) is 0 Å². The van der Waals surface area contributed by atoms with Crippen molar-refractivity contribution >= 4 is 17.8 Å². The fourth-order valence-corrected chi connectivity index (χ4v) is 1.69. The molecule has 0 aliphatic heterocycles. The fourth-order valence-electron chi connectivity index (χ4n) is 1.69. The first-order valence-electron chi connectivity index (χ1n) is 7.11. The predicted molar refractivity (Wildman–Crippen MR) is 80.8 cm³/mol. The zero-order valence-electron chi connectivity index (χ0n) is 14.1. The van der Waals surface area contributed by atoms with E-state index in [1.54, 1.807) is 27.7 Å². The monoisotopic (exact) mass is 300 g/mol. The van der Waals surface area contributed by atoms with Gasteiger partial charge in [0.15, 0.2) is 0 Å². The Morgan fingerprint density at radius 1 is 1.10 bits per heavy atom. The normalized spacial score (nSPS) is 13.5. The Morgan fingerprint density at radius 2 is 1.57 bits per heavy atom. The van der Waals surface area contributed by atoms with Gasteiger partial charge in [-0.2, -0.15) is 0 Å². The lowest BCUT2D eigenvalue weighted by atomic mass is 9.95. The lowest BCUT2D eigenvalue weighted by molar-refractivity contribution is -0.144. The number of aliphatic carboxylic acids is 1. The highest BCUT2D eigenvalue weighted by Crippen LogP contribution is 2.17. The summed E-state index contributed by atoms with van der Waals surface area (Å²) in [6.45, 7) is 12.6. The van der Waals surface area contributed by atoms with E-state index in [0.29, 0.717) is 0 Å². The Hall–Kier alpha value is -1.59. The smallest absolute Gasteiger partial charge is 0.305 e. The molecular weight excluding hydrogens is 272 g/mol. The Kier molecular flexibility index (Phi) is 6.39. The van der Waals surface area contributed by atoms with Crippen LogP contribution in [0.5, 0.6) is 0 Å². The molecule has 0 aliphatic rings. The quantitative estimate of drug-likeness (QED) is 0.808. The van der Waals surface area contributed by atoms with E-state index in [1.807, 2.05) is 20.8 Å². The molecule has 21 heavy (non-hydrogen) atoms. The Labute approximate surface area is 126 Å². The number of carboxylic acid groups (broad SMARTS) is 1. The first kappa shape index (κ1) is 19.4. The van der Waals surface area contributed by atoms with Gasteiger partial charge in [-0.3, -0.25) is 14.4 Å². The molecule has 6 nitrogen and oxygen atoms in total. The summed E-state index contributed by atoms with van der Waals surface area (Å²) in [5.74, 6) is -1.44. The SMILES string of the molecule is CC(NC(=O)C(C)(C)C)C(=O)N(CCC(=O)O)C(C)(C)C. The molecule has 0 heterocycles. The van der Waals surface area contributed by atoms with E-state index < -0.39 is 23.0 Å². The molecule has 6 heteroatoms. The highest BCUT2D eigenvalue weighted by Gasteiger charge is 2.32. The van der Waals surface area contributed by atoms with Crippen LogP contribution in [0.4, 0.5) is 0 Å². The summed E-state index contributed by atoms with van der Waals surface area (Å²) in [6.07, 6.45) is -0.122. The van der Waals surface area contributed by atoms with Crippen molar-refractivity contribution in [3.8, 4) is 0 Å². The van der Waals surface area contributed by atoms with Crippen LogP contribution in [-0.2, 0) is 14.4 Å². The molecule has 2 N–H and O–H groups in total. The van der Waals surface area contributed by atoms with Crippen molar-refractivity contribution in [3.63, 3.8) is 0 Å². The van der Waals surface area contributed by atoms with Gasteiger partial charge >= 0.3 is 5.97 Å². The molecule has 0 aromatic rings. The second-order valence-electron chi connectivity index (χ2n) is 7.25. The lowest BCUT2D eigenvalue weighted by Crippen LogP contribution is -2.55.